The van der Waals surface area contributed by atoms with E-state index in [-0.39, 0.29) is 17.3 Å². The van der Waals surface area contributed by atoms with Gasteiger partial charge in [0.25, 0.3) is 0 Å². The van der Waals surface area contributed by atoms with Crippen LogP contribution in [0.25, 0.3) is 0 Å². The van der Waals surface area contributed by atoms with Crippen molar-refractivity contribution in [3.05, 3.63) is 64.1 Å². The molecule has 7 nitrogen and oxygen atoms in total. The lowest BCUT2D eigenvalue weighted by Crippen LogP contribution is -2.51. The summed E-state index contributed by atoms with van der Waals surface area (Å²) in [6.45, 7) is 3.98. The van der Waals surface area contributed by atoms with Crippen molar-refractivity contribution >= 4 is 45.0 Å². The van der Waals surface area contributed by atoms with Crippen LogP contribution in [0.5, 0.6) is 0 Å². The number of nitrogens with zero attached hydrogens (tertiary/aromatic N) is 2. The quantitative estimate of drug-likeness (QED) is 0.416. The number of benzene rings is 2. The second-order valence-corrected chi connectivity index (χ2v) is 10.8. The fourth-order valence-electron chi connectivity index (χ4n) is 3.39. The molecule has 1 atom stereocenters. The molecule has 186 valence electrons. The van der Waals surface area contributed by atoms with E-state index in [2.05, 4.69) is 5.32 Å². The first-order valence-electron chi connectivity index (χ1n) is 11.1. The highest BCUT2D eigenvalue weighted by atomic mass is 35.5. The van der Waals surface area contributed by atoms with Crippen LogP contribution < -0.4 is 5.32 Å². The number of likely N-dealkylation sites (N-methyl/N-ethyl adjacent to an activating group) is 1. The highest BCUT2D eigenvalue weighted by molar-refractivity contribution is 7.89. The van der Waals surface area contributed by atoms with Gasteiger partial charge in [-0.05, 0) is 48.7 Å². The minimum absolute atomic E-state index is 0.0224. The number of carbonyl (C=O) groups excluding carboxylic acids is 2. The summed E-state index contributed by atoms with van der Waals surface area (Å²) >= 11 is 12.2. The number of rotatable bonds is 12. The summed E-state index contributed by atoms with van der Waals surface area (Å²) in [5.41, 5.74) is 0.667. The van der Waals surface area contributed by atoms with Crippen LogP contribution in [0.15, 0.2) is 53.4 Å². The normalized spacial score (nSPS) is 12.4. The Morgan fingerprint density at radius 3 is 2.26 bits per heavy atom. The average molecular weight is 529 g/mol. The molecule has 0 heterocycles. The van der Waals surface area contributed by atoms with Gasteiger partial charge in [0.05, 0.1) is 11.4 Å². The van der Waals surface area contributed by atoms with Crippen LogP contribution in [-0.2, 0) is 26.2 Å². The zero-order valence-electron chi connectivity index (χ0n) is 19.6. The van der Waals surface area contributed by atoms with Crippen molar-refractivity contribution < 1.29 is 18.0 Å². The van der Waals surface area contributed by atoms with Crippen molar-refractivity contribution in [1.29, 1.82) is 0 Å². The topological polar surface area (TPSA) is 86.8 Å². The van der Waals surface area contributed by atoms with E-state index in [1.807, 2.05) is 13.8 Å². The maximum atomic E-state index is 13.4. The molecule has 0 radical (unpaired) electrons. The van der Waals surface area contributed by atoms with Crippen molar-refractivity contribution in [3.63, 3.8) is 0 Å². The number of hydrogen-bond donors (Lipinski definition) is 1. The lowest BCUT2D eigenvalue weighted by molar-refractivity contribution is -0.141. The van der Waals surface area contributed by atoms with Gasteiger partial charge in [-0.15, -0.1) is 0 Å². The second kappa shape index (κ2) is 13.1. The van der Waals surface area contributed by atoms with E-state index in [0.717, 1.165) is 17.1 Å². The van der Waals surface area contributed by atoms with E-state index in [1.165, 1.54) is 36.2 Å². The van der Waals surface area contributed by atoms with Gasteiger partial charge in [0.15, 0.2) is 0 Å². The van der Waals surface area contributed by atoms with E-state index in [0.29, 0.717) is 28.6 Å². The van der Waals surface area contributed by atoms with Gasteiger partial charge < -0.3 is 10.2 Å². The molecule has 0 fully saturated rings. The Balaban J connectivity index is 2.30. The third-order valence-electron chi connectivity index (χ3n) is 5.39. The second-order valence-electron chi connectivity index (χ2n) is 7.90. The number of halogens is 2. The molecule has 0 saturated heterocycles. The van der Waals surface area contributed by atoms with Gasteiger partial charge >= 0.3 is 0 Å². The summed E-state index contributed by atoms with van der Waals surface area (Å²) < 4.78 is 26.9. The fourth-order valence-corrected chi connectivity index (χ4v) is 4.83. The highest BCUT2D eigenvalue weighted by Crippen LogP contribution is 2.21. The lowest BCUT2D eigenvalue weighted by atomic mass is 10.1. The largest absolute Gasteiger partial charge is 0.354 e. The summed E-state index contributed by atoms with van der Waals surface area (Å²) in [6, 6.07) is 12.0. The Bertz CT molecular complexity index is 1080. The number of unbranched alkanes of at least 4 members (excludes halogenated alkanes) is 1. The van der Waals surface area contributed by atoms with Crippen LogP contribution in [0.2, 0.25) is 10.0 Å². The number of amides is 2. The van der Waals surface area contributed by atoms with Gasteiger partial charge in [0.1, 0.15) is 6.04 Å². The van der Waals surface area contributed by atoms with E-state index >= 15 is 0 Å². The SMILES string of the molecule is CCCCNC(=O)[C@H](CC)N(Cc1ccccc1Cl)C(=O)CN(C)S(=O)(=O)c1ccc(Cl)cc1. The van der Waals surface area contributed by atoms with Crippen molar-refractivity contribution in [3.8, 4) is 0 Å². The molecule has 0 unspecified atom stereocenters. The van der Waals surface area contributed by atoms with Crippen molar-refractivity contribution in [2.24, 2.45) is 0 Å². The molecule has 0 aliphatic carbocycles. The van der Waals surface area contributed by atoms with E-state index in [4.69, 9.17) is 23.2 Å². The molecule has 2 amide bonds. The molecule has 2 aromatic carbocycles. The fraction of sp³-hybridized carbons (Fsp3) is 0.417. The first-order chi connectivity index (χ1) is 16.1. The van der Waals surface area contributed by atoms with Gasteiger partial charge in [-0.1, -0.05) is 61.7 Å². The molecule has 0 spiro atoms. The molecule has 0 aliphatic rings. The van der Waals surface area contributed by atoms with Gasteiger partial charge in [-0.25, -0.2) is 8.42 Å². The smallest absolute Gasteiger partial charge is 0.243 e. The molecule has 0 saturated carbocycles. The predicted molar refractivity (Wildman–Crippen MR) is 135 cm³/mol. The van der Waals surface area contributed by atoms with Crippen LogP contribution in [0.1, 0.15) is 38.7 Å². The zero-order chi connectivity index (χ0) is 25.3. The van der Waals surface area contributed by atoms with Gasteiger partial charge in [0.2, 0.25) is 21.8 Å². The summed E-state index contributed by atoms with van der Waals surface area (Å²) in [4.78, 5) is 27.8. The number of carbonyl (C=O) groups is 2. The molecule has 2 aromatic rings. The Hall–Kier alpha value is -2.13. The maximum absolute atomic E-state index is 13.4. The molecule has 34 heavy (non-hydrogen) atoms. The van der Waals surface area contributed by atoms with Crippen molar-refractivity contribution in [2.75, 3.05) is 20.1 Å². The van der Waals surface area contributed by atoms with E-state index in [9.17, 15) is 18.0 Å². The molecular weight excluding hydrogens is 497 g/mol. The molecule has 0 aliphatic heterocycles. The lowest BCUT2D eigenvalue weighted by Gasteiger charge is -2.32. The highest BCUT2D eigenvalue weighted by Gasteiger charge is 2.32. The molecule has 1 N–H and O–H groups in total. The average Bonchev–Trinajstić information content (AvgIpc) is 2.80. The summed E-state index contributed by atoms with van der Waals surface area (Å²) in [5.74, 6) is -0.781. The van der Waals surface area contributed by atoms with Gasteiger partial charge in [-0.2, -0.15) is 4.31 Å². The minimum atomic E-state index is -3.94. The third kappa shape index (κ3) is 7.43. The van der Waals surface area contributed by atoms with Crippen LogP contribution in [-0.4, -0.2) is 55.6 Å². The summed E-state index contributed by atoms with van der Waals surface area (Å²) in [6.07, 6.45) is 2.11. The van der Waals surface area contributed by atoms with Crippen LogP contribution in [0.3, 0.4) is 0 Å². The first-order valence-corrected chi connectivity index (χ1v) is 13.3. The van der Waals surface area contributed by atoms with Crippen LogP contribution in [0.4, 0.5) is 0 Å². The molecule has 2 rings (SSSR count). The standard InChI is InChI=1S/C24H31Cl2N3O4S/c1-4-6-15-27-24(31)22(5-2)29(16-18-9-7-8-10-21(18)26)23(30)17-28(3)34(32,33)20-13-11-19(25)12-14-20/h7-14,22H,4-6,15-17H2,1-3H3,(H,27,31)/t22-/m0/s1. The van der Waals surface area contributed by atoms with E-state index in [1.54, 1.807) is 24.3 Å². The Morgan fingerprint density at radius 1 is 1.03 bits per heavy atom. The monoisotopic (exact) mass is 527 g/mol. The molecule has 10 heteroatoms. The number of hydrogen-bond acceptors (Lipinski definition) is 4. The first kappa shape index (κ1) is 28.1. The third-order valence-corrected chi connectivity index (χ3v) is 7.83. The Labute approximate surface area is 212 Å². The summed E-state index contributed by atoms with van der Waals surface area (Å²) in [7, 11) is -2.60. The minimum Gasteiger partial charge on any atom is -0.354 e. The molecule has 0 bridgehead atoms. The number of sulfonamides is 1. The Morgan fingerprint density at radius 2 is 1.68 bits per heavy atom. The van der Waals surface area contributed by atoms with E-state index < -0.39 is 28.5 Å². The number of nitrogens with one attached hydrogen (secondary N) is 1. The molecular formula is C24H31Cl2N3O4S. The van der Waals surface area contributed by atoms with Crippen molar-refractivity contribution in [1.82, 2.24) is 14.5 Å². The van der Waals surface area contributed by atoms with Crippen molar-refractivity contribution in [2.45, 2.75) is 50.6 Å². The van der Waals surface area contributed by atoms with Gasteiger partial charge in [-0.3, -0.25) is 9.59 Å². The zero-order valence-corrected chi connectivity index (χ0v) is 22.0. The summed E-state index contributed by atoms with van der Waals surface area (Å²) in [5, 5.41) is 3.74. The predicted octanol–water partition coefficient (Wildman–Crippen LogP) is 4.34. The maximum Gasteiger partial charge on any atom is 0.243 e. The Kier molecular flexibility index (Phi) is 10.8. The molecule has 0 aromatic heterocycles. The van der Waals surface area contributed by atoms with Crippen LogP contribution in [0, 0.1) is 0 Å². The van der Waals surface area contributed by atoms with Gasteiger partial charge in [0, 0.05) is 30.2 Å². The van der Waals surface area contributed by atoms with Crippen LogP contribution >= 0.6 is 23.2 Å².